The maximum Gasteiger partial charge on any atom is 0.416 e. The van der Waals surface area contributed by atoms with Crippen LogP contribution >= 0.6 is 0 Å². The number of nitrogens with one attached hydrogen (secondary N) is 2. The van der Waals surface area contributed by atoms with Gasteiger partial charge in [0.25, 0.3) is 5.91 Å². The number of aromatic nitrogens is 2. The highest BCUT2D eigenvalue weighted by molar-refractivity contribution is 5.96. The molecule has 2 N–H and O–H groups in total. The Hall–Kier alpha value is -4.01. The minimum absolute atomic E-state index is 0.162. The van der Waals surface area contributed by atoms with Crippen LogP contribution in [0.4, 0.5) is 28.9 Å². The van der Waals surface area contributed by atoms with Crippen molar-refractivity contribution in [3.8, 4) is 11.3 Å². The molecular weight excluding hydrogens is 436 g/mol. The lowest BCUT2D eigenvalue weighted by Crippen LogP contribution is -2.19. The number of nitrogens with zero attached hydrogens (tertiary/aromatic N) is 2. The molecule has 4 rings (SSSR count). The lowest BCUT2D eigenvalue weighted by atomic mass is 10.0. The summed E-state index contributed by atoms with van der Waals surface area (Å²) in [6.45, 7) is -0.753. The molecule has 0 aliphatic carbocycles. The monoisotopic (exact) mass is 454 g/mol. The number of carbonyl (C=O) groups excluding carboxylic acids is 1. The number of halogens is 4. The van der Waals surface area contributed by atoms with E-state index in [1.54, 1.807) is 30.5 Å². The predicted molar refractivity (Wildman–Crippen MR) is 118 cm³/mol. The number of carbonyl (C=O) groups is 1. The Labute approximate surface area is 186 Å². The molecule has 4 aromatic rings. The van der Waals surface area contributed by atoms with E-state index in [0.717, 1.165) is 12.1 Å². The first kappa shape index (κ1) is 22.2. The van der Waals surface area contributed by atoms with E-state index < -0.39 is 18.4 Å². The number of anilines is 2. The molecule has 33 heavy (non-hydrogen) atoms. The fraction of sp³-hybridized carbons (Fsp3) is 0.125. The number of pyridine rings is 2. The third-order valence-corrected chi connectivity index (χ3v) is 5.09. The molecule has 0 radical (unpaired) electrons. The molecule has 2 aromatic carbocycles. The van der Waals surface area contributed by atoms with Gasteiger partial charge >= 0.3 is 6.18 Å². The van der Waals surface area contributed by atoms with Crippen LogP contribution in [-0.2, 0) is 12.9 Å². The Bertz CT molecular complexity index is 1320. The average molecular weight is 454 g/mol. The molecule has 0 atom stereocenters. The van der Waals surface area contributed by atoms with Gasteiger partial charge in [0, 0.05) is 41.1 Å². The normalized spacial score (nSPS) is 11.4. The van der Waals surface area contributed by atoms with Crippen LogP contribution in [-0.4, -0.2) is 22.9 Å². The van der Waals surface area contributed by atoms with Crippen LogP contribution in [0.25, 0.3) is 22.2 Å². The molecule has 0 fully saturated rings. The molecule has 168 valence electrons. The van der Waals surface area contributed by atoms with Crippen LogP contribution in [0.15, 0.2) is 66.9 Å². The van der Waals surface area contributed by atoms with Crippen LogP contribution in [0.3, 0.4) is 0 Å². The van der Waals surface area contributed by atoms with Crippen molar-refractivity contribution in [2.24, 2.45) is 0 Å². The van der Waals surface area contributed by atoms with Crippen LogP contribution in [0.1, 0.15) is 21.6 Å². The Balaban J connectivity index is 1.70. The number of benzene rings is 2. The van der Waals surface area contributed by atoms with E-state index in [0.29, 0.717) is 39.1 Å². The molecule has 0 bridgehead atoms. The summed E-state index contributed by atoms with van der Waals surface area (Å²) in [6, 6.07) is 14.6. The van der Waals surface area contributed by atoms with Crippen molar-refractivity contribution in [3.05, 3.63) is 83.7 Å². The Morgan fingerprint density at radius 1 is 1.00 bits per heavy atom. The molecule has 0 unspecified atom stereocenters. The fourth-order valence-electron chi connectivity index (χ4n) is 3.40. The molecule has 0 saturated carbocycles. The largest absolute Gasteiger partial charge is 0.416 e. The van der Waals surface area contributed by atoms with Gasteiger partial charge < -0.3 is 10.6 Å². The number of fused-ring (bicyclic) bond motifs is 1. The van der Waals surface area contributed by atoms with E-state index >= 15 is 0 Å². The van der Waals surface area contributed by atoms with Crippen molar-refractivity contribution in [2.75, 3.05) is 12.4 Å². The highest BCUT2D eigenvalue weighted by Gasteiger charge is 2.29. The molecule has 0 saturated heterocycles. The summed E-state index contributed by atoms with van der Waals surface area (Å²) in [5, 5.41) is 6.31. The Morgan fingerprint density at radius 3 is 2.42 bits per heavy atom. The molecule has 0 aliphatic heterocycles. The average Bonchev–Trinajstić information content (AvgIpc) is 2.82. The molecule has 9 heteroatoms. The second kappa shape index (κ2) is 8.85. The molecule has 0 spiro atoms. The van der Waals surface area contributed by atoms with Gasteiger partial charge in [-0.3, -0.25) is 9.78 Å². The maximum atomic E-state index is 13.6. The van der Waals surface area contributed by atoms with Crippen molar-refractivity contribution in [1.82, 2.24) is 15.3 Å². The SMILES string of the molecule is CNC(=O)c1ccc(CF)c(-c2ccc3c(Nc4ccc(C(F)(F)F)cc4)ccnc3c2)n1. The molecule has 5 nitrogen and oxygen atoms in total. The van der Waals surface area contributed by atoms with Crippen molar-refractivity contribution < 1.29 is 22.4 Å². The third kappa shape index (κ3) is 4.62. The minimum Gasteiger partial charge on any atom is -0.355 e. The maximum absolute atomic E-state index is 13.6. The van der Waals surface area contributed by atoms with Crippen molar-refractivity contribution in [3.63, 3.8) is 0 Å². The number of amides is 1. The Kier molecular flexibility index (Phi) is 5.95. The van der Waals surface area contributed by atoms with Gasteiger partial charge in [-0.2, -0.15) is 13.2 Å². The highest BCUT2D eigenvalue weighted by Crippen LogP contribution is 2.33. The fourth-order valence-corrected chi connectivity index (χ4v) is 3.40. The van der Waals surface area contributed by atoms with Gasteiger partial charge in [0.1, 0.15) is 12.4 Å². The summed E-state index contributed by atoms with van der Waals surface area (Å²) < 4.78 is 52.0. The second-order valence-electron chi connectivity index (χ2n) is 7.21. The molecule has 2 heterocycles. The first-order valence-electron chi connectivity index (χ1n) is 9.91. The number of hydrogen-bond donors (Lipinski definition) is 2. The van der Waals surface area contributed by atoms with Gasteiger partial charge in [-0.15, -0.1) is 0 Å². The topological polar surface area (TPSA) is 66.9 Å². The van der Waals surface area contributed by atoms with Gasteiger partial charge in [0.15, 0.2) is 0 Å². The van der Waals surface area contributed by atoms with Crippen molar-refractivity contribution in [2.45, 2.75) is 12.9 Å². The van der Waals surface area contributed by atoms with Gasteiger partial charge in [0.2, 0.25) is 0 Å². The van der Waals surface area contributed by atoms with Gasteiger partial charge in [-0.25, -0.2) is 9.37 Å². The zero-order valence-corrected chi connectivity index (χ0v) is 17.4. The number of hydrogen-bond acceptors (Lipinski definition) is 4. The summed E-state index contributed by atoms with van der Waals surface area (Å²) in [7, 11) is 1.48. The van der Waals surface area contributed by atoms with Gasteiger partial charge in [-0.05, 0) is 42.5 Å². The number of rotatable bonds is 5. The highest BCUT2D eigenvalue weighted by atomic mass is 19.4. The van der Waals surface area contributed by atoms with E-state index in [9.17, 15) is 22.4 Å². The second-order valence-corrected chi connectivity index (χ2v) is 7.21. The Morgan fingerprint density at radius 2 is 1.76 bits per heavy atom. The first-order chi connectivity index (χ1) is 15.8. The molecule has 1 amide bonds. The molecule has 0 aliphatic rings. The number of alkyl halides is 4. The van der Waals surface area contributed by atoms with E-state index in [-0.39, 0.29) is 11.6 Å². The lowest BCUT2D eigenvalue weighted by molar-refractivity contribution is -0.137. The summed E-state index contributed by atoms with van der Waals surface area (Å²) in [4.78, 5) is 20.6. The standard InChI is InChI=1S/C24H18F4N4O/c1-29-23(33)20-9-3-15(13-25)22(32-20)14-2-8-18-19(10-11-30-21(18)12-14)31-17-6-4-16(5-7-17)24(26,27)28/h2-12H,13H2,1H3,(H,29,33)(H,30,31). The lowest BCUT2D eigenvalue weighted by Gasteiger charge is -2.13. The predicted octanol–water partition coefficient (Wildman–Crippen LogP) is 5.89. The van der Waals surface area contributed by atoms with E-state index in [2.05, 4.69) is 20.6 Å². The molecular formula is C24H18F4N4O. The van der Waals surface area contributed by atoms with Crippen molar-refractivity contribution in [1.29, 1.82) is 0 Å². The van der Waals surface area contributed by atoms with Gasteiger partial charge in [-0.1, -0.05) is 18.2 Å². The smallest absolute Gasteiger partial charge is 0.355 e. The van der Waals surface area contributed by atoms with Gasteiger partial charge in [0.05, 0.1) is 16.8 Å². The summed E-state index contributed by atoms with van der Waals surface area (Å²) in [5.74, 6) is -0.386. The zero-order chi connectivity index (χ0) is 23.6. The summed E-state index contributed by atoms with van der Waals surface area (Å²) in [5.41, 5.74) is 2.39. The third-order valence-electron chi connectivity index (χ3n) is 5.09. The zero-order valence-electron chi connectivity index (χ0n) is 17.4. The van der Waals surface area contributed by atoms with Crippen LogP contribution in [0, 0.1) is 0 Å². The summed E-state index contributed by atoms with van der Waals surface area (Å²) >= 11 is 0. The van der Waals surface area contributed by atoms with Crippen molar-refractivity contribution >= 4 is 28.2 Å². The van der Waals surface area contributed by atoms with Crippen LogP contribution in [0.2, 0.25) is 0 Å². The first-order valence-corrected chi connectivity index (χ1v) is 9.91. The minimum atomic E-state index is -4.40. The van der Waals surface area contributed by atoms with E-state index in [1.807, 2.05) is 0 Å². The van der Waals surface area contributed by atoms with Crippen LogP contribution in [0.5, 0.6) is 0 Å². The summed E-state index contributed by atoms with van der Waals surface area (Å²) in [6.07, 6.45) is -2.84. The quantitative estimate of drug-likeness (QED) is 0.369. The van der Waals surface area contributed by atoms with E-state index in [1.165, 1.54) is 31.3 Å². The molecule has 2 aromatic heterocycles. The van der Waals surface area contributed by atoms with E-state index in [4.69, 9.17) is 0 Å². The van der Waals surface area contributed by atoms with Crippen LogP contribution < -0.4 is 10.6 Å².